The maximum Gasteiger partial charge on any atom is 0.120 e. The SMILES string of the molecule is CC(C#N)CCC=O. The molecular formula is C6H9NO. The largest absolute Gasteiger partial charge is 0.303 e. The van der Waals surface area contributed by atoms with Crippen LogP contribution in [0.3, 0.4) is 0 Å². The Bertz CT molecular complexity index is 104. The predicted octanol–water partition coefficient (Wildman–Crippen LogP) is 1.13. The number of rotatable bonds is 3. The molecule has 0 saturated heterocycles. The molecule has 0 aliphatic carbocycles. The van der Waals surface area contributed by atoms with Crippen LogP contribution in [0.15, 0.2) is 0 Å². The van der Waals surface area contributed by atoms with E-state index >= 15 is 0 Å². The van der Waals surface area contributed by atoms with Crippen LogP contribution >= 0.6 is 0 Å². The standard InChI is InChI=1S/C6H9NO/c1-6(5-7)3-2-4-8/h4,6H,2-3H2,1H3. The monoisotopic (exact) mass is 111 g/mol. The number of carbonyl (C=O) groups is 1. The molecule has 0 rings (SSSR count). The smallest absolute Gasteiger partial charge is 0.120 e. The Morgan fingerprint density at radius 1 is 1.88 bits per heavy atom. The van der Waals surface area contributed by atoms with Crippen LogP contribution in [0, 0.1) is 17.2 Å². The molecule has 0 spiro atoms. The molecule has 0 N–H and O–H groups in total. The van der Waals surface area contributed by atoms with Crippen LogP contribution in [-0.2, 0) is 4.79 Å². The summed E-state index contributed by atoms with van der Waals surface area (Å²) >= 11 is 0. The Morgan fingerprint density at radius 3 is 2.88 bits per heavy atom. The second-order valence-electron chi connectivity index (χ2n) is 1.77. The van der Waals surface area contributed by atoms with E-state index in [1.54, 1.807) is 0 Å². The van der Waals surface area contributed by atoms with Crippen LogP contribution in [0.25, 0.3) is 0 Å². The maximum atomic E-state index is 9.72. The summed E-state index contributed by atoms with van der Waals surface area (Å²) in [6.07, 6.45) is 2.04. The molecule has 8 heavy (non-hydrogen) atoms. The van der Waals surface area contributed by atoms with Crippen molar-refractivity contribution in [3.63, 3.8) is 0 Å². The molecule has 44 valence electrons. The van der Waals surface area contributed by atoms with Crippen LogP contribution in [0.4, 0.5) is 0 Å². The Hall–Kier alpha value is -0.840. The zero-order valence-electron chi connectivity index (χ0n) is 4.92. The van der Waals surface area contributed by atoms with Gasteiger partial charge in [0.15, 0.2) is 0 Å². The van der Waals surface area contributed by atoms with Crippen molar-refractivity contribution in [1.82, 2.24) is 0 Å². The van der Waals surface area contributed by atoms with Crippen LogP contribution in [0.2, 0.25) is 0 Å². The zero-order chi connectivity index (χ0) is 6.41. The van der Waals surface area contributed by atoms with Crippen LogP contribution in [0.1, 0.15) is 19.8 Å². The lowest BCUT2D eigenvalue weighted by Gasteiger charge is -1.92. The number of hydrogen-bond donors (Lipinski definition) is 0. The molecule has 0 aromatic heterocycles. The van der Waals surface area contributed by atoms with E-state index in [0.29, 0.717) is 12.8 Å². The molecule has 1 unspecified atom stereocenters. The van der Waals surface area contributed by atoms with E-state index in [1.807, 2.05) is 13.0 Å². The van der Waals surface area contributed by atoms with Gasteiger partial charge in [-0.2, -0.15) is 5.26 Å². The second-order valence-corrected chi connectivity index (χ2v) is 1.77. The van der Waals surface area contributed by atoms with Gasteiger partial charge in [0.05, 0.1) is 6.07 Å². The summed E-state index contributed by atoms with van der Waals surface area (Å²) in [5.74, 6) is 0.0280. The third-order valence-electron chi connectivity index (χ3n) is 0.938. The summed E-state index contributed by atoms with van der Waals surface area (Å²) in [6.45, 7) is 1.81. The van der Waals surface area contributed by atoms with Crippen LogP contribution in [0.5, 0.6) is 0 Å². The normalized spacial score (nSPS) is 12.0. The van der Waals surface area contributed by atoms with Gasteiger partial charge in [-0.3, -0.25) is 0 Å². The predicted molar refractivity (Wildman–Crippen MR) is 30.1 cm³/mol. The van der Waals surface area contributed by atoms with Crippen molar-refractivity contribution < 1.29 is 4.79 Å². The fourth-order valence-electron chi connectivity index (χ4n) is 0.383. The molecule has 0 heterocycles. The minimum absolute atomic E-state index is 0.0280. The van der Waals surface area contributed by atoms with Gasteiger partial charge < -0.3 is 4.79 Å². The summed E-state index contributed by atoms with van der Waals surface area (Å²) in [4.78, 5) is 9.72. The minimum Gasteiger partial charge on any atom is -0.303 e. The Balaban J connectivity index is 3.14. The molecule has 1 atom stereocenters. The van der Waals surface area contributed by atoms with E-state index in [-0.39, 0.29) is 5.92 Å². The van der Waals surface area contributed by atoms with Crippen molar-refractivity contribution in [2.45, 2.75) is 19.8 Å². The molecule has 0 fully saturated rings. The summed E-state index contributed by atoms with van der Waals surface area (Å²) in [7, 11) is 0. The summed E-state index contributed by atoms with van der Waals surface area (Å²) in [5, 5.41) is 8.20. The average Bonchev–Trinajstić information content (AvgIpc) is 1.83. The Morgan fingerprint density at radius 2 is 2.50 bits per heavy atom. The third kappa shape index (κ3) is 3.35. The fourth-order valence-corrected chi connectivity index (χ4v) is 0.383. The highest BCUT2D eigenvalue weighted by molar-refractivity contribution is 5.49. The first-order valence-corrected chi connectivity index (χ1v) is 2.64. The maximum absolute atomic E-state index is 9.72. The number of carbonyl (C=O) groups excluding carboxylic acids is 1. The second kappa shape index (κ2) is 4.32. The quantitative estimate of drug-likeness (QED) is 0.512. The van der Waals surface area contributed by atoms with Gasteiger partial charge >= 0.3 is 0 Å². The molecule has 0 aromatic rings. The number of nitriles is 1. The van der Waals surface area contributed by atoms with E-state index < -0.39 is 0 Å². The highest BCUT2D eigenvalue weighted by atomic mass is 16.1. The van der Waals surface area contributed by atoms with Crippen molar-refractivity contribution in [1.29, 1.82) is 5.26 Å². The van der Waals surface area contributed by atoms with Gasteiger partial charge in [-0.1, -0.05) is 0 Å². The molecule has 0 aliphatic rings. The van der Waals surface area contributed by atoms with Crippen molar-refractivity contribution in [2.75, 3.05) is 0 Å². The summed E-state index contributed by atoms with van der Waals surface area (Å²) in [6, 6.07) is 2.04. The molecule has 2 heteroatoms. The van der Waals surface area contributed by atoms with Gasteiger partial charge in [-0.25, -0.2) is 0 Å². The van der Waals surface area contributed by atoms with Gasteiger partial charge in [0.25, 0.3) is 0 Å². The lowest BCUT2D eigenvalue weighted by Crippen LogP contribution is -1.88. The molecule has 0 saturated carbocycles. The molecular weight excluding hydrogens is 102 g/mol. The van der Waals surface area contributed by atoms with Crippen LogP contribution < -0.4 is 0 Å². The number of aldehydes is 1. The van der Waals surface area contributed by atoms with E-state index in [4.69, 9.17) is 5.26 Å². The van der Waals surface area contributed by atoms with E-state index in [9.17, 15) is 4.79 Å². The van der Waals surface area contributed by atoms with Crippen molar-refractivity contribution >= 4 is 6.29 Å². The lowest BCUT2D eigenvalue weighted by molar-refractivity contribution is -0.108. The first kappa shape index (κ1) is 7.16. The van der Waals surface area contributed by atoms with Crippen molar-refractivity contribution in [2.24, 2.45) is 5.92 Å². The van der Waals surface area contributed by atoms with Crippen LogP contribution in [-0.4, -0.2) is 6.29 Å². The molecule has 0 aliphatic heterocycles. The number of hydrogen-bond acceptors (Lipinski definition) is 2. The highest BCUT2D eigenvalue weighted by Gasteiger charge is 1.95. The van der Waals surface area contributed by atoms with Gasteiger partial charge in [0.1, 0.15) is 6.29 Å². The van der Waals surface area contributed by atoms with Gasteiger partial charge in [0, 0.05) is 12.3 Å². The first-order chi connectivity index (χ1) is 3.81. The topological polar surface area (TPSA) is 40.9 Å². The Kier molecular flexibility index (Phi) is 3.87. The van der Waals surface area contributed by atoms with Crippen molar-refractivity contribution in [3.8, 4) is 6.07 Å². The van der Waals surface area contributed by atoms with Gasteiger partial charge in [0.2, 0.25) is 0 Å². The Labute approximate surface area is 49.1 Å². The minimum atomic E-state index is 0.0280. The average molecular weight is 111 g/mol. The highest BCUT2D eigenvalue weighted by Crippen LogP contribution is 1.99. The molecule has 0 amide bonds. The lowest BCUT2D eigenvalue weighted by atomic mass is 10.1. The molecule has 2 nitrogen and oxygen atoms in total. The third-order valence-corrected chi connectivity index (χ3v) is 0.938. The zero-order valence-corrected chi connectivity index (χ0v) is 4.92. The molecule has 0 bridgehead atoms. The summed E-state index contributed by atoms with van der Waals surface area (Å²) < 4.78 is 0. The van der Waals surface area contributed by atoms with E-state index in [2.05, 4.69) is 0 Å². The molecule has 0 aromatic carbocycles. The fraction of sp³-hybridized carbons (Fsp3) is 0.667. The first-order valence-electron chi connectivity index (χ1n) is 2.64. The molecule has 0 radical (unpaired) electrons. The van der Waals surface area contributed by atoms with Gasteiger partial charge in [-0.15, -0.1) is 0 Å². The van der Waals surface area contributed by atoms with Gasteiger partial charge in [-0.05, 0) is 13.3 Å². The van der Waals surface area contributed by atoms with E-state index in [1.165, 1.54) is 0 Å². The number of nitrogens with zero attached hydrogens (tertiary/aromatic N) is 1. The van der Waals surface area contributed by atoms with Crippen molar-refractivity contribution in [3.05, 3.63) is 0 Å². The van der Waals surface area contributed by atoms with E-state index in [0.717, 1.165) is 6.29 Å². The summed E-state index contributed by atoms with van der Waals surface area (Å²) in [5.41, 5.74) is 0.